The van der Waals surface area contributed by atoms with Crippen molar-refractivity contribution >= 4 is 23.2 Å². The number of nitrogens with one attached hydrogen (secondary N) is 1. The first-order valence-corrected chi connectivity index (χ1v) is 10.0. The Hall–Kier alpha value is -3.12. The number of hydrogen-bond donors (Lipinski definition) is 1. The average molecular weight is 388 g/mol. The van der Waals surface area contributed by atoms with E-state index >= 15 is 0 Å². The minimum absolute atomic E-state index is 0.0165. The number of carbonyl (C=O) groups excluding carboxylic acids is 1. The number of aryl methyl sites for hydroxylation is 1. The van der Waals surface area contributed by atoms with Gasteiger partial charge in [-0.3, -0.25) is 4.79 Å². The molecule has 0 aliphatic rings. The zero-order valence-electron chi connectivity index (χ0n) is 15.5. The van der Waals surface area contributed by atoms with Crippen LogP contribution in [0.2, 0.25) is 0 Å². The zero-order chi connectivity index (χ0) is 19.3. The van der Waals surface area contributed by atoms with Gasteiger partial charge in [-0.15, -0.1) is 0 Å². The lowest BCUT2D eigenvalue weighted by Crippen LogP contribution is -2.24. The third kappa shape index (κ3) is 4.23. The summed E-state index contributed by atoms with van der Waals surface area (Å²) < 4.78 is 1.81. The molecule has 0 radical (unpaired) electrons. The summed E-state index contributed by atoms with van der Waals surface area (Å²) in [7, 11) is 0. The van der Waals surface area contributed by atoms with Gasteiger partial charge in [0.25, 0.3) is 0 Å². The SMILES string of the molecule is Cc1ccc(CNC(=O)CSc2nccn3nc(-c4ccccc4)cc23)cc1. The Balaban J connectivity index is 1.42. The highest BCUT2D eigenvalue weighted by Gasteiger charge is 2.11. The molecule has 140 valence electrons. The third-order valence-corrected chi connectivity index (χ3v) is 5.37. The van der Waals surface area contributed by atoms with Crippen LogP contribution < -0.4 is 5.32 Å². The summed E-state index contributed by atoms with van der Waals surface area (Å²) in [5, 5.41) is 8.37. The molecule has 2 heterocycles. The van der Waals surface area contributed by atoms with E-state index in [4.69, 9.17) is 0 Å². The van der Waals surface area contributed by atoms with Crippen LogP contribution in [0.25, 0.3) is 16.8 Å². The van der Waals surface area contributed by atoms with Crippen LogP contribution in [0, 0.1) is 6.92 Å². The Morgan fingerprint density at radius 2 is 1.89 bits per heavy atom. The van der Waals surface area contributed by atoms with Gasteiger partial charge in [-0.1, -0.05) is 71.9 Å². The highest BCUT2D eigenvalue weighted by molar-refractivity contribution is 8.00. The van der Waals surface area contributed by atoms with E-state index in [2.05, 4.69) is 15.4 Å². The van der Waals surface area contributed by atoms with Crippen LogP contribution >= 0.6 is 11.8 Å². The van der Waals surface area contributed by atoms with Crippen molar-refractivity contribution in [2.24, 2.45) is 0 Å². The summed E-state index contributed by atoms with van der Waals surface area (Å²) in [4.78, 5) is 16.7. The summed E-state index contributed by atoms with van der Waals surface area (Å²) in [6, 6.07) is 20.2. The monoisotopic (exact) mass is 388 g/mol. The van der Waals surface area contributed by atoms with Crippen molar-refractivity contribution in [3.63, 3.8) is 0 Å². The van der Waals surface area contributed by atoms with Gasteiger partial charge in [-0.25, -0.2) is 9.50 Å². The van der Waals surface area contributed by atoms with E-state index in [0.717, 1.165) is 27.4 Å². The molecule has 4 rings (SSSR count). The number of carbonyl (C=O) groups is 1. The summed E-state index contributed by atoms with van der Waals surface area (Å²) in [6.45, 7) is 2.58. The van der Waals surface area contributed by atoms with Crippen molar-refractivity contribution < 1.29 is 4.79 Å². The molecule has 2 aromatic heterocycles. The minimum atomic E-state index is -0.0165. The first-order valence-electron chi connectivity index (χ1n) is 9.04. The standard InChI is InChI=1S/C22H20N4OS/c1-16-7-9-17(10-8-16)14-24-21(27)15-28-22-20-13-19(18-5-3-2-4-6-18)25-26(20)12-11-23-22/h2-13H,14-15H2,1H3,(H,24,27). The van der Waals surface area contributed by atoms with Gasteiger partial charge in [0.2, 0.25) is 5.91 Å². The first-order chi connectivity index (χ1) is 13.7. The smallest absolute Gasteiger partial charge is 0.230 e. The van der Waals surface area contributed by atoms with Crippen molar-refractivity contribution in [1.29, 1.82) is 0 Å². The molecule has 2 aromatic carbocycles. The van der Waals surface area contributed by atoms with Gasteiger partial charge in [0.05, 0.1) is 17.0 Å². The number of hydrogen-bond acceptors (Lipinski definition) is 4. The lowest BCUT2D eigenvalue weighted by molar-refractivity contribution is -0.118. The predicted molar refractivity (Wildman–Crippen MR) is 112 cm³/mol. The predicted octanol–water partition coefficient (Wildman–Crippen LogP) is 4.11. The van der Waals surface area contributed by atoms with Crippen molar-refractivity contribution in [3.8, 4) is 11.3 Å². The van der Waals surface area contributed by atoms with Gasteiger partial charge in [0.15, 0.2) is 0 Å². The van der Waals surface area contributed by atoms with Crippen LogP contribution in [-0.2, 0) is 11.3 Å². The summed E-state index contributed by atoms with van der Waals surface area (Å²) in [5.41, 5.74) is 5.14. The molecule has 6 heteroatoms. The van der Waals surface area contributed by atoms with Crippen LogP contribution in [0.5, 0.6) is 0 Å². The topological polar surface area (TPSA) is 59.3 Å². The number of benzene rings is 2. The molecule has 0 aliphatic heterocycles. The van der Waals surface area contributed by atoms with E-state index in [1.807, 2.05) is 78.3 Å². The van der Waals surface area contributed by atoms with Gasteiger partial charge in [0.1, 0.15) is 5.03 Å². The maximum absolute atomic E-state index is 12.2. The Kier molecular flexibility index (Phi) is 5.39. The summed E-state index contributed by atoms with van der Waals surface area (Å²) in [5.74, 6) is 0.293. The molecule has 0 fully saturated rings. The molecular weight excluding hydrogens is 368 g/mol. The molecule has 0 saturated heterocycles. The van der Waals surface area contributed by atoms with Crippen LogP contribution in [0.1, 0.15) is 11.1 Å². The summed E-state index contributed by atoms with van der Waals surface area (Å²) >= 11 is 1.42. The van der Waals surface area contributed by atoms with Crippen LogP contribution in [0.4, 0.5) is 0 Å². The van der Waals surface area contributed by atoms with Gasteiger partial charge < -0.3 is 5.32 Å². The van der Waals surface area contributed by atoms with Gasteiger partial charge in [-0.05, 0) is 18.6 Å². The number of rotatable bonds is 6. The Labute approximate surface area is 167 Å². The maximum atomic E-state index is 12.2. The van der Waals surface area contributed by atoms with Crippen molar-refractivity contribution in [2.75, 3.05) is 5.75 Å². The van der Waals surface area contributed by atoms with Crippen LogP contribution in [0.3, 0.4) is 0 Å². The minimum Gasteiger partial charge on any atom is -0.351 e. The molecule has 4 aromatic rings. The fourth-order valence-corrected chi connectivity index (χ4v) is 3.66. The quantitative estimate of drug-likeness (QED) is 0.505. The number of nitrogens with zero attached hydrogens (tertiary/aromatic N) is 3. The van der Waals surface area contributed by atoms with Gasteiger partial charge in [0, 0.05) is 24.5 Å². The normalized spacial score (nSPS) is 10.9. The number of amides is 1. The molecule has 5 nitrogen and oxygen atoms in total. The highest BCUT2D eigenvalue weighted by Crippen LogP contribution is 2.25. The Bertz CT molecular complexity index is 1090. The zero-order valence-corrected chi connectivity index (χ0v) is 16.3. The molecule has 1 amide bonds. The van der Waals surface area contributed by atoms with Gasteiger partial charge in [-0.2, -0.15) is 5.10 Å². The molecule has 0 atom stereocenters. The lowest BCUT2D eigenvalue weighted by Gasteiger charge is -2.06. The lowest BCUT2D eigenvalue weighted by atomic mass is 10.1. The highest BCUT2D eigenvalue weighted by atomic mass is 32.2. The van der Waals surface area contributed by atoms with Crippen LogP contribution in [-0.4, -0.2) is 26.3 Å². The molecule has 1 N–H and O–H groups in total. The molecular formula is C22H20N4OS. The van der Waals surface area contributed by atoms with E-state index in [-0.39, 0.29) is 5.91 Å². The molecule has 0 spiro atoms. The number of fused-ring (bicyclic) bond motifs is 1. The van der Waals surface area contributed by atoms with E-state index in [0.29, 0.717) is 12.3 Å². The van der Waals surface area contributed by atoms with E-state index < -0.39 is 0 Å². The number of aromatic nitrogens is 3. The third-order valence-electron chi connectivity index (χ3n) is 4.37. The second kappa shape index (κ2) is 8.27. The van der Waals surface area contributed by atoms with E-state index in [1.165, 1.54) is 17.3 Å². The summed E-state index contributed by atoms with van der Waals surface area (Å²) in [6.07, 6.45) is 3.53. The van der Waals surface area contributed by atoms with Crippen molar-refractivity contribution in [2.45, 2.75) is 18.5 Å². The molecule has 0 aliphatic carbocycles. The molecule has 0 saturated carbocycles. The molecule has 28 heavy (non-hydrogen) atoms. The second-order valence-electron chi connectivity index (χ2n) is 6.51. The maximum Gasteiger partial charge on any atom is 0.230 e. The molecule has 0 unspecified atom stereocenters. The first kappa shape index (κ1) is 18.3. The van der Waals surface area contributed by atoms with Gasteiger partial charge >= 0.3 is 0 Å². The van der Waals surface area contributed by atoms with Crippen LogP contribution in [0.15, 0.2) is 78.1 Å². The fourth-order valence-electron chi connectivity index (χ4n) is 2.85. The Morgan fingerprint density at radius 3 is 2.68 bits per heavy atom. The van der Waals surface area contributed by atoms with E-state index in [1.54, 1.807) is 6.20 Å². The Morgan fingerprint density at radius 1 is 1.11 bits per heavy atom. The number of thioether (sulfide) groups is 1. The average Bonchev–Trinajstić information content (AvgIpc) is 3.17. The fraction of sp³-hybridized carbons (Fsp3) is 0.136. The van der Waals surface area contributed by atoms with Crippen molar-refractivity contribution in [3.05, 3.63) is 84.2 Å². The largest absolute Gasteiger partial charge is 0.351 e. The second-order valence-corrected chi connectivity index (χ2v) is 7.47. The van der Waals surface area contributed by atoms with E-state index in [9.17, 15) is 4.79 Å². The molecule has 0 bridgehead atoms. The van der Waals surface area contributed by atoms with Crippen molar-refractivity contribution in [1.82, 2.24) is 19.9 Å².